The van der Waals surface area contributed by atoms with Gasteiger partial charge in [0.2, 0.25) is 5.88 Å². The predicted molar refractivity (Wildman–Crippen MR) is 122 cm³/mol. The third kappa shape index (κ3) is 4.40. The van der Waals surface area contributed by atoms with Crippen LogP contribution < -0.4 is 15.8 Å². The van der Waals surface area contributed by atoms with E-state index in [1.165, 1.54) is 0 Å². The van der Waals surface area contributed by atoms with Crippen LogP contribution in [-0.2, 0) is 6.42 Å². The van der Waals surface area contributed by atoms with Gasteiger partial charge in [0, 0.05) is 52.6 Å². The molecule has 0 saturated heterocycles. The first-order valence-corrected chi connectivity index (χ1v) is 9.88. The van der Waals surface area contributed by atoms with Crippen molar-refractivity contribution in [2.45, 2.75) is 6.42 Å². The summed E-state index contributed by atoms with van der Waals surface area (Å²) in [6.07, 6.45) is 4.16. The lowest BCUT2D eigenvalue weighted by Crippen LogP contribution is -2.25. The van der Waals surface area contributed by atoms with E-state index in [1.807, 2.05) is 36.4 Å². The molecule has 2 aromatic carbocycles. The summed E-state index contributed by atoms with van der Waals surface area (Å²) in [4.78, 5) is 19.8. The average Bonchev–Trinajstić information content (AvgIpc) is 3.23. The number of aromatic amines is 1. The molecule has 4 rings (SSSR count). The van der Waals surface area contributed by atoms with Crippen LogP contribution in [0.1, 0.15) is 21.5 Å². The summed E-state index contributed by atoms with van der Waals surface area (Å²) >= 11 is 0. The van der Waals surface area contributed by atoms with Crippen molar-refractivity contribution < 1.29 is 9.53 Å². The number of carbonyl (C=O) groups is 1. The molecule has 0 fully saturated rings. The second kappa shape index (κ2) is 8.71. The second-order valence-corrected chi connectivity index (χ2v) is 7.17. The van der Waals surface area contributed by atoms with Gasteiger partial charge >= 0.3 is 0 Å². The summed E-state index contributed by atoms with van der Waals surface area (Å²) in [6, 6.07) is 17.1. The largest absolute Gasteiger partial charge is 0.481 e. The molecule has 2 heterocycles. The number of carbonyl (C=O) groups excluding carboxylic acids is 1. The van der Waals surface area contributed by atoms with E-state index in [4.69, 9.17) is 15.9 Å². The molecular formula is C24H23N5O2. The number of H-pyrrole nitrogens is 1. The van der Waals surface area contributed by atoms with Crippen molar-refractivity contribution in [2.75, 3.05) is 13.7 Å². The number of fused-ring (bicyclic) bond motifs is 1. The smallest absolute Gasteiger partial charge is 0.251 e. The normalized spacial score (nSPS) is 10.7. The first-order valence-electron chi connectivity index (χ1n) is 9.88. The van der Waals surface area contributed by atoms with Gasteiger partial charge in [0.1, 0.15) is 5.84 Å². The number of ether oxygens (including phenoxy) is 1. The van der Waals surface area contributed by atoms with E-state index >= 15 is 0 Å². The molecule has 2 aromatic heterocycles. The van der Waals surface area contributed by atoms with Crippen LogP contribution in [0.4, 0.5) is 0 Å². The van der Waals surface area contributed by atoms with E-state index in [0.29, 0.717) is 30.0 Å². The molecule has 0 spiro atoms. The Morgan fingerprint density at radius 3 is 2.58 bits per heavy atom. The number of nitrogens with two attached hydrogens (primary N) is 1. The molecule has 0 saturated carbocycles. The van der Waals surface area contributed by atoms with Crippen molar-refractivity contribution in [1.29, 1.82) is 5.41 Å². The zero-order chi connectivity index (χ0) is 21.8. The lowest BCUT2D eigenvalue weighted by molar-refractivity contribution is 0.0954. The van der Waals surface area contributed by atoms with Crippen LogP contribution in [0.2, 0.25) is 0 Å². The Morgan fingerprint density at radius 1 is 1.13 bits per heavy atom. The minimum absolute atomic E-state index is 0.0329. The van der Waals surface area contributed by atoms with Crippen molar-refractivity contribution in [2.24, 2.45) is 5.73 Å². The van der Waals surface area contributed by atoms with Crippen LogP contribution in [0.3, 0.4) is 0 Å². The number of nitrogens with zero attached hydrogens (tertiary/aromatic N) is 1. The fourth-order valence-electron chi connectivity index (χ4n) is 3.45. The summed E-state index contributed by atoms with van der Waals surface area (Å²) in [6.45, 7) is 0.508. The van der Waals surface area contributed by atoms with Gasteiger partial charge < -0.3 is 20.8 Å². The summed E-state index contributed by atoms with van der Waals surface area (Å²) in [5, 5.41) is 11.5. The van der Waals surface area contributed by atoms with Crippen LogP contribution in [0.25, 0.3) is 22.0 Å². The lowest BCUT2D eigenvalue weighted by atomic mass is 10.0. The Labute approximate surface area is 179 Å². The van der Waals surface area contributed by atoms with Gasteiger partial charge in [-0.15, -0.1) is 0 Å². The monoisotopic (exact) mass is 413 g/mol. The quantitative estimate of drug-likeness (QED) is 0.274. The van der Waals surface area contributed by atoms with Crippen LogP contribution >= 0.6 is 0 Å². The summed E-state index contributed by atoms with van der Waals surface area (Å²) in [5.41, 5.74) is 10.9. The van der Waals surface area contributed by atoms with Crippen molar-refractivity contribution >= 4 is 22.6 Å². The van der Waals surface area contributed by atoms with E-state index in [2.05, 4.69) is 15.3 Å². The second-order valence-electron chi connectivity index (χ2n) is 7.17. The van der Waals surface area contributed by atoms with E-state index in [-0.39, 0.29) is 11.7 Å². The number of benzene rings is 2. The first-order chi connectivity index (χ1) is 15.0. The minimum Gasteiger partial charge on any atom is -0.481 e. The molecule has 7 nitrogen and oxygen atoms in total. The van der Waals surface area contributed by atoms with Crippen molar-refractivity contribution in [1.82, 2.24) is 15.3 Å². The van der Waals surface area contributed by atoms with Gasteiger partial charge in [-0.2, -0.15) is 0 Å². The third-order valence-corrected chi connectivity index (χ3v) is 5.16. The predicted octanol–water partition coefficient (Wildman–Crippen LogP) is 3.50. The maximum atomic E-state index is 12.5. The Bertz CT molecular complexity index is 1230. The Morgan fingerprint density at radius 2 is 1.90 bits per heavy atom. The van der Waals surface area contributed by atoms with Gasteiger partial charge in [0.25, 0.3) is 5.91 Å². The van der Waals surface area contributed by atoms with Crippen molar-refractivity contribution in [3.63, 3.8) is 0 Å². The van der Waals surface area contributed by atoms with Crippen LogP contribution in [0, 0.1) is 5.41 Å². The molecule has 1 amide bonds. The third-order valence-electron chi connectivity index (χ3n) is 5.16. The number of hydrogen-bond acceptors (Lipinski definition) is 4. The van der Waals surface area contributed by atoms with E-state index < -0.39 is 0 Å². The van der Waals surface area contributed by atoms with Gasteiger partial charge in [0.15, 0.2) is 0 Å². The van der Waals surface area contributed by atoms with Gasteiger partial charge in [0.05, 0.1) is 7.11 Å². The SMILES string of the molecule is COc1ccc(-c2ccc(C(=O)NCCc3ccc4[nH]cc(C(=N)N)c4c3)cc2)cn1. The molecular weight excluding hydrogens is 390 g/mol. The Balaban J connectivity index is 1.37. The molecule has 7 heteroatoms. The molecule has 0 radical (unpaired) electrons. The molecule has 0 unspecified atom stereocenters. The summed E-state index contributed by atoms with van der Waals surface area (Å²) in [5.74, 6) is 0.477. The molecule has 0 bridgehead atoms. The van der Waals surface area contributed by atoms with E-state index in [9.17, 15) is 4.79 Å². The van der Waals surface area contributed by atoms with Crippen LogP contribution in [-0.4, -0.2) is 35.4 Å². The van der Waals surface area contributed by atoms with Crippen molar-refractivity contribution in [3.8, 4) is 17.0 Å². The highest BCUT2D eigenvalue weighted by molar-refractivity contribution is 6.07. The van der Waals surface area contributed by atoms with Gasteiger partial charge in [-0.05, 0) is 47.9 Å². The number of aromatic nitrogens is 2. The number of methoxy groups -OCH3 is 1. The Hall–Kier alpha value is -4.13. The minimum atomic E-state index is -0.119. The molecule has 0 atom stereocenters. The van der Waals surface area contributed by atoms with E-state index in [0.717, 1.165) is 27.6 Å². The van der Waals surface area contributed by atoms with Crippen LogP contribution in [0.15, 0.2) is 67.0 Å². The topological polar surface area (TPSA) is 117 Å². The number of nitrogens with one attached hydrogen (secondary N) is 3. The first kappa shape index (κ1) is 20.2. The standard InChI is InChI=1S/C24H23N5O2/c1-31-22-9-7-18(13-29-22)16-3-5-17(6-4-16)24(30)27-11-10-15-2-8-21-19(12-15)20(14-28-21)23(25)26/h2-9,12-14,28H,10-11H2,1H3,(H3,25,26)(H,27,30). The zero-order valence-corrected chi connectivity index (χ0v) is 17.1. The highest BCUT2D eigenvalue weighted by Gasteiger charge is 2.09. The zero-order valence-electron chi connectivity index (χ0n) is 17.1. The molecule has 0 aliphatic carbocycles. The number of rotatable bonds is 7. The lowest BCUT2D eigenvalue weighted by Gasteiger charge is -2.08. The molecule has 5 N–H and O–H groups in total. The summed E-state index contributed by atoms with van der Waals surface area (Å²) in [7, 11) is 1.58. The molecule has 0 aliphatic rings. The number of pyridine rings is 1. The fraction of sp³-hybridized carbons (Fsp3) is 0.125. The highest BCUT2D eigenvalue weighted by Crippen LogP contribution is 2.21. The number of amidine groups is 1. The number of hydrogen-bond donors (Lipinski definition) is 4. The fourth-order valence-corrected chi connectivity index (χ4v) is 3.45. The molecule has 31 heavy (non-hydrogen) atoms. The maximum Gasteiger partial charge on any atom is 0.251 e. The van der Waals surface area contributed by atoms with Gasteiger partial charge in [-0.25, -0.2) is 4.98 Å². The Kier molecular flexibility index (Phi) is 5.66. The highest BCUT2D eigenvalue weighted by atomic mass is 16.5. The maximum absolute atomic E-state index is 12.5. The summed E-state index contributed by atoms with van der Waals surface area (Å²) < 4.78 is 5.08. The number of nitrogen functional groups attached to an aromatic ring is 1. The molecule has 0 aliphatic heterocycles. The van der Waals surface area contributed by atoms with Gasteiger partial charge in [-0.3, -0.25) is 10.2 Å². The molecule has 4 aromatic rings. The number of amides is 1. The van der Waals surface area contributed by atoms with E-state index in [1.54, 1.807) is 37.7 Å². The molecule has 156 valence electrons. The van der Waals surface area contributed by atoms with Gasteiger partial charge in [-0.1, -0.05) is 18.2 Å². The average molecular weight is 413 g/mol. The van der Waals surface area contributed by atoms with Crippen LogP contribution in [0.5, 0.6) is 5.88 Å². The van der Waals surface area contributed by atoms with Crippen molar-refractivity contribution in [3.05, 3.63) is 83.7 Å².